The summed E-state index contributed by atoms with van der Waals surface area (Å²) >= 11 is 0. The first-order valence-corrected chi connectivity index (χ1v) is 10.6. The van der Waals surface area contributed by atoms with Crippen molar-refractivity contribution in [1.82, 2.24) is 14.5 Å². The summed E-state index contributed by atoms with van der Waals surface area (Å²) in [6.45, 7) is 3.17. The molecule has 0 radical (unpaired) electrons. The van der Waals surface area contributed by atoms with Gasteiger partial charge in [0.1, 0.15) is 11.2 Å². The van der Waals surface area contributed by atoms with E-state index < -0.39 is 0 Å². The fourth-order valence-corrected chi connectivity index (χ4v) is 4.06. The van der Waals surface area contributed by atoms with Crippen LogP contribution in [0.15, 0.2) is 59.5 Å². The maximum atomic E-state index is 13.4. The Balaban J connectivity index is 1.70. The smallest absolute Gasteiger partial charge is 0.310 e. The quantitative estimate of drug-likeness (QED) is 0.594. The number of likely N-dealkylation sites (tertiary alicyclic amines) is 1. The van der Waals surface area contributed by atoms with Crippen molar-refractivity contribution in [2.24, 2.45) is 5.92 Å². The van der Waals surface area contributed by atoms with E-state index in [0.717, 1.165) is 10.9 Å². The summed E-state index contributed by atoms with van der Waals surface area (Å²) in [4.78, 5) is 44.9. The van der Waals surface area contributed by atoms with Gasteiger partial charge in [0.15, 0.2) is 0 Å². The van der Waals surface area contributed by atoms with Crippen LogP contribution in [0, 0.1) is 5.92 Å². The van der Waals surface area contributed by atoms with Crippen LogP contribution in [-0.4, -0.2) is 46.0 Å². The number of hydrogen-bond donors (Lipinski definition) is 0. The number of amides is 1. The lowest BCUT2D eigenvalue weighted by Gasteiger charge is -2.31. The van der Waals surface area contributed by atoms with Gasteiger partial charge in [0, 0.05) is 24.7 Å². The molecule has 0 aliphatic carbocycles. The maximum absolute atomic E-state index is 13.4. The predicted octanol–water partition coefficient (Wildman–Crippen LogP) is 2.86. The van der Waals surface area contributed by atoms with Crippen molar-refractivity contribution in [2.45, 2.75) is 26.3 Å². The van der Waals surface area contributed by atoms with Gasteiger partial charge >= 0.3 is 5.97 Å². The molecular formula is C24H25N3O4. The predicted molar refractivity (Wildman–Crippen MR) is 117 cm³/mol. The standard InChI is InChI=1S/C24H25N3O4/c1-2-31-24(30)19-11-7-13-26(16-19)22(28)20-14-18-10-6-12-25-21(18)27(23(20)29)15-17-8-4-3-5-9-17/h3-6,8-10,12,14,19H,2,7,11,13,15-16H2,1H3/t19-/m0/s1. The molecular weight excluding hydrogens is 394 g/mol. The van der Waals surface area contributed by atoms with Crippen LogP contribution in [0.1, 0.15) is 35.7 Å². The Labute approximate surface area is 180 Å². The van der Waals surface area contributed by atoms with E-state index in [-0.39, 0.29) is 35.5 Å². The SMILES string of the molecule is CCOC(=O)[C@H]1CCCN(C(=O)c2cc3cccnc3n(Cc3ccccc3)c2=O)C1. The van der Waals surface area contributed by atoms with Gasteiger partial charge in [-0.2, -0.15) is 0 Å². The van der Waals surface area contributed by atoms with Crippen LogP contribution in [0.25, 0.3) is 11.0 Å². The molecule has 1 saturated heterocycles. The summed E-state index contributed by atoms with van der Waals surface area (Å²) in [5.41, 5.74) is 1.21. The molecule has 0 spiro atoms. The van der Waals surface area contributed by atoms with E-state index in [9.17, 15) is 14.4 Å². The highest BCUT2D eigenvalue weighted by atomic mass is 16.5. The van der Waals surface area contributed by atoms with E-state index in [1.807, 2.05) is 36.4 Å². The topological polar surface area (TPSA) is 81.5 Å². The number of pyridine rings is 2. The summed E-state index contributed by atoms with van der Waals surface area (Å²) in [5, 5.41) is 0.723. The number of carbonyl (C=O) groups is 2. The van der Waals surface area contributed by atoms with Crippen molar-refractivity contribution in [3.63, 3.8) is 0 Å². The lowest BCUT2D eigenvalue weighted by molar-refractivity contribution is -0.149. The highest BCUT2D eigenvalue weighted by Crippen LogP contribution is 2.21. The van der Waals surface area contributed by atoms with Crippen molar-refractivity contribution in [2.75, 3.05) is 19.7 Å². The molecule has 2 aromatic heterocycles. The van der Waals surface area contributed by atoms with E-state index in [2.05, 4.69) is 4.98 Å². The fraction of sp³-hybridized carbons (Fsp3) is 0.333. The van der Waals surface area contributed by atoms with Gasteiger partial charge in [-0.05, 0) is 43.5 Å². The molecule has 3 heterocycles. The second kappa shape index (κ2) is 9.12. The third-order valence-electron chi connectivity index (χ3n) is 5.59. The average molecular weight is 419 g/mol. The zero-order valence-corrected chi connectivity index (χ0v) is 17.5. The maximum Gasteiger partial charge on any atom is 0.310 e. The van der Waals surface area contributed by atoms with Gasteiger partial charge in [0.2, 0.25) is 0 Å². The van der Waals surface area contributed by atoms with Crippen molar-refractivity contribution in [3.05, 3.63) is 76.2 Å². The molecule has 0 unspecified atom stereocenters. The van der Waals surface area contributed by atoms with Gasteiger partial charge < -0.3 is 9.64 Å². The number of aromatic nitrogens is 2. The Bertz CT molecular complexity index is 1160. The molecule has 3 aromatic rings. The third kappa shape index (κ3) is 4.35. The lowest BCUT2D eigenvalue weighted by atomic mass is 9.97. The number of fused-ring (bicyclic) bond motifs is 1. The van der Waals surface area contributed by atoms with Crippen LogP contribution in [0.4, 0.5) is 0 Å². The van der Waals surface area contributed by atoms with Crippen molar-refractivity contribution in [1.29, 1.82) is 0 Å². The van der Waals surface area contributed by atoms with Crippen molar-refractivity contribution < 1.29 is 14.3 Å². The molecule has 1 aliphatic heterocycles. The molecule has 1 aliphatic rings. The zero-order valence-electron chi connectivity index (χ0n) is 17.5. The zero-order chi connectivity index (χ0) is 21.8. The number of rotatable bonds is 5. The Hall–Kier alpha value is -3.48. The minimum absolute atomic E-state index is 0.0981. The summed E-state index contributed by atoms with van der Waals surface area (Å²) < 4.78 is 6.68. The Morgan fingerprint density at radius 2 is 1.97 bits per heavy atom. The van der Waals surface area contributed by atoms with Gasteiger partial charge in [-0.1, -0.05) is 30.3 Å². The van der Waals surface area contributed by atoms with Crippen LogP contribution in [-0.2, 0) is 16.1 Å². The van der Waals surface area contributed by atoms with Gasteiger partial charge in [-0.3, -0.25) is 19.0 Å². The van der Waals surface area contributed by atoms with Crippen LogP contribution in [0.2, 0.25) is 0 Å². The Morgan fingerprint density at radius 3 is 2.74 bits per heavy atom. The molecule has 0 N–H and O–H groups in total. The highest BCUT2D eigenvalue weighted by molar-refractivity contribution is 5.97. The largest absolute Gasteiger partial charge is 0.466 e. The minimum atomic E-state index is -0.377. The molecule has 1 amide bonds. The van der Waals surface area contributed by atoms with Gasteiger partial charge in [0.25, 0.3) is 11.5 Å². The number of ether oxygens (including phenoxy) is 1. The number of hydrogen-bond acceptors (Lipinski definition) is 5. The fourth-order valence-electron chi connectivity index (χ4n) is 4.06. The molecule has 1 aromatic carbocycles. The monoisotopic (exact) mass is 419 g/mol. The normalized spacial score (nSPS) is 16.3. The molecule has 160 valence electrons. The third-order valence-corrected chi connectivity index (χ3v) is 5.59. The average Bonchev–Trinajstić information content (AvgIpc) is 2.81. The Morgan fingerprint density at radius 1 is 1.16 bits per heavy atom. The number of benzene rings is 1. The first-order chi connectivity index (χ1) is 15.1. The summed E-state index contributed by atoms with van der Waals surface area (Å²) in [7, 11) is 0. The second-order valence-electron chi connectivity index (χ2n) is 7.69. The number of esters is 1. The van der Waals surface area contributed by atoms with Crippen molar-refractivity contribution in [3.8, 4) is 0 Å². The molecule has 31 heavy (non-hydrogen) atoms. The van der Waals surface area contributed by atoms with Crippen LogP contribution in [0.5, 0.6) is 0 Å². The summed E-state index contributed by atoms with van der Waals surface area (Å²) in [6, 6.07) is 14.8. The van der Waals surface area contributed by atoms with Crippen LogP contribution in [0.3, 0.4) is 0 Å². The van der Waals surface area contributed by atoms with Gasteiger partial charge in [0.05, 0.1) is 19.1 Å². The molecule has 7 heteroatoms. The first-order valence-electron chi connectivity index (χ1n) is 10.6. The summed E-state index contributed by atoms with van der Waals surface area (Å²) in [6.07, 6.45) is 3.02. The van der Waals surface area contributed by atoms with Crippen LogP contribution >= 0.6 is 0 Å². The van der Waals surface area contributed by atoms with Crippen molar-refractivity contribution >= 4 is 22.9 Å². The molecule has 1 fully saturated rings. The minimum Gasteiger partial charge on any atom is -0.466 e. The Kier molecular flexibility index (Phi) is 6.11. The van der Waals surface area contributed by atoms with Gasteiger partial charge in [-0.25, -0.2) is 4.98 Å². The van der Waals surface area contributed by atoms with E-state index in [1.54, 1.807) is 34.7 Å². The molecule has 4 rings (SSSR count). The second-order valence-corrected chi connectivity index (χ2v) is 7.69. The highest BCUT2D eigenvalue weighted by Gasteiger charge is 2.31. The summed E-state index contributed by atoms with van der Waals surface area (Å²) in [5.74, 6) is -0.998. The molecule has 0 saturated carbocycles. The molecule has 0 bridgehead atoms. The van der Waals surface area contributed by atoms with E-state index in [1.165, 1.54) is 0 Å². The number of piperidine rings is 1. The number of nitrogens with zero attached hydrogens (tertiary/aromatic N) is 3. The van der Waals surface area contributed by atoms with E-state index in [4.69, 9.17) is 4.74 Å². The van der Waals surface area contributed by atoms with Crippen LogP contribution < -0.4 is 5.56 Å². The van der Waals surface area contributed by atoms with E-state index >= 15 is 0 Å². The molecule has 7 nitrogen and oxygen atoms in total. The first kappa shape index (κ1) is 20.8. The molecule has 1 atom stereocenters. The van der Waals surface area contributed by atoms with E-state index in [0.29, 0.717) is 38.2 Å². The van der Waals surface area contributed by atoms with Gasteiger partial charge in [-0.15, -0.1) is 0 Å². The lowest BCUT2D eigenvalue weighted by Crippen LogP contribution is -2.44. The number of carbonyl (C=O) groups excluding carboxylic acids is 2.